The number of rotatable bonds is 0. The first-order valence-corrected chi connectivity index (χ1v) is 2.15. The van der Waals surface area contributed by atoms with Gasteiger partial charge < -0.3 is 14.4 Å². The van der Waals surface area contributed by atoms with Crippen LogP contribution in [0.15, 0.2) is 0 Å². The summed E-state index contributed by atoms with van der Waals surface area (Å²) in [7, 11) is -5.64. The van der Waals surface area contributed by atoms with E-state index < -0.39 is 7.91 Å². The number of hydrogen-bond acceptors (Lipinski definition) is 3. The van der Waals surface area contributed by atoms with Crippen LogP contribution in [0.5, 0.6) is 0 Å². The quantitative estimate of drug-likeness (QED) is 0.289. The Kier molecular flexibility index (Phi) is 4.46. The molecule has 0 aliphatic heterocycles. The molecule has 0 N–H and O–H groups in total. The largest absolute Gasteiger partial charge is 3.00 e. The molecule has 0 radical (unpaired) electrons. The zero-order valence-electron chi connectivity index (χ0n) is 2.63. The molecule has 0 atom stereocenters. The Balaban J connectivity index is 0. The van der Waals surface area contributed by atoms with Gasteiger partial charge >= 0.3 is 17.4 Å². The standard InChI is InChI=1S/Al.FH2O3P/c;1-5(2,3)4/h;(H2,2,3,4)/q+3;/p-2. The third-order valence-corrected chi connectivity index (χ3v) is 0. The van der Waals surface area contributed by atoms with Crippen LogP contribution in [0.3, 0.4) is 0 Å². The van der Waals surface area contributed by atoms with Crippen molar-refractivity contribution in [2.45, 2.75) is 0 Å². The van der Waals surface area contributed by atoms with Gasteiger partial charge in [-0.05, 0) is 0 Å². The van der Waals surface area contributed by atoms with E-state index in [1.54, 1.807) is 0 Å². The fourth-order valence-corrected chi connectivity index (χ4v) is 0. The first-order valence-electron chi connectivity index (χ1n) is 0.717. The molecule has 0 heterocycles. The number of halogens is 1. The molecule has 0 saturated heterocycles. The third kappa shape index (κ3) is 160. The molecule has 0 unspecified atom stereocenters. The fraction of sp³-hybridized carbons (Fsp3) is 0. The summed E-state index contributed by atoms with van der Waals surface area (Å²) in [5.74, 6) is 0. The molecule has 0 aromatic rings. The van der Waals surface area contributed by atoms with Crippen LogP contribution in [0.4, 0.5) is 4.20 Å². The molecule has 3 nitrogen and oxygen atoms in total. The van der Waals surface area contributed by atoms with Crippen molar-refractivity contribution >= 4 is 25.3 Å². The molecule has 0 saturated carbocycles. The Morgan fingerprint density at radius 3 is 1.50 bits per heavy atom. The van der Waals surface area contributed by atoms with Crippen LogP contribution < -0.4 is 9.79 Å². The maximum atomic E-state index is 10.1. The Morgan fingerprint density at radius 2 is 1.50 bits per heavy atom. The molecule has 0 aromatic heterocycles. The van der Waals surface area contributed by atoms with Crippen molar-refractivity contribution in [2.75, 3.05) is 0 Å². The molecule has 0 aliphatic carbocycles. The van der Waals surface area contributed by atoms with Gasteiger partial charge in [0.2, 0.25) is 0 Å². The average molecular weight is 125 g/mol. The smallest absolute Gasteiger partial charge is 0.786 e. The molecular weight excluding hydrogens is 125 g/mol. The van der Waals surface area contributed by atoms with Gasteiger partial charge in [-0.1, -0.05) is 0 Å². The predicted molar refractivity (Wildman–Crippen MR) is 14.5 cm³/mol. The summed E-state index contributed by atoms with van der Waals surface area (Å²) >= 11 is 0. The van der Waals surface area contributed by atoms with Crippen LogP contribution in [0.1, 0.15) is 0 Å². The van der Waals surface area contributed by atoms with E-state index in [2.05, 4.69) is 0 Å². The third-order valence-electron chi connectivity index (χ3n) is 0. The van der Waals surface area contributed by atoms with Crippen molar-refractivity contribution in [1.29, 1.82) is 0 Å². The van der Waals surface area contributed by atoms with Gasteiger partial charge in [-0.15, -0.1) is 0 Å². The fourth-order valence-electron chi connectivity index (χ4n) is 0. The van der Waals surface area contributed by atoms with E-state index in [9.17, 15) is 4.20 Å². The summed E-state index contributed by atoms with van der Waals surface area (Å²) in [5.41, 5.74) is 0. The Morgan fingerprint density at radius 1 is 1.50 bits per heavy atom. The van der Waals surface area contributed by atoms with Gasteiger partial charge in [-0.3, -0.25) is 0 Å². The first-order chi connectivity index (χ1) is 2.00. The zero-order chi connectivity index (χ0) is 4.50. The van der Waals surface area contributed by atoms with E-state index in [4.69, 9.17) is 14.4 Å². The molecular formula is AlFO3P+. The van der Waals surface area contributed by atoms with Crippen LogP contribution in [0, 0.1) is 0 Å². The van der Waals surface area contributed by atoms with Gasteiger partial charge in [0.15, 0.2) is 0 Å². The van der Waals surface area contributed by atoms with Crippen LogP contribution in [0.25, 0.3) is 0 Å². The van der Waals surface area contributed by atoms with Crippen LogP contribution in [-0.2, 0) is 4.57 Å². The minimum absolute atomic E-state index is 0. The van der Waals surface area contributed by atoms with E-state index in [0.29, 0.717) is 0 Å². The molecule has 0 spiro atoms. The predicted octanol–water partition coefficient (Wildman–Crippen LogP) is -1.60. The van der Waals surface area contributed by atoms with Crippen LogP contribution in [-0.4, -0.2) is 17.4 Å². The van der Waals surface area contributed by atoms with Gasteiger partial charge in [0.05, 0.1) is 0 Å². The summed E-state index contributed by atoms with van der Waals surface area (Å²) in [6, 6.07) is 0. The van der Waals surface area contributed by atoms with Gasteiger partial charge in [0, 0.05) is 0 Å². The second-order valence-electron chi connectivity index (χ2n) is 0.431. The normalized spacial score (nSPS) is 9.83. The van der Waals surface area contributed by atoms with E-state index in [-0.39, 0.29) is 17.4 Å². The van der Waals surface area contributed by atoms with E-state index >= 15 is 0 Å². The molecule has 0 bridgehead atoms. The van der Waals surface area contributed by atoms with Crippen molar-refractivity contribution in [1.82, 2.24) is 0 Å². The molecule has 0 aromatic carbocycles. The van der Waals surface area contributed by atoms with Gasteiger partial charge in [-0.25, -0.2) is 4.20 Å². The molecule has 32 valence electrons. The minimum atomic E-state index is -5.64. The summed E-state index contributed by atoms with van der Waals surface area (Å²) in [6.07, 6.45) is 0. The van der Waals surface area contributed by atoms with Crippen molar-refractivity contribution in [3.05, 3.63) is 0 Å². The maximum absolute atomic E-state index is 10.1. The van der Waals surface area contributed by atoms with Gasteiger partial charge in [-0.2, -0.15) is 0 Å². The Hall–Kier alpha value is 0.612. The number of hydrogen-bond donors (Lipinski definition) is 0. The molecule has 0 fully saturated rings. The Labute approximate surface area is 44.6 Å². The molecule has 6 heteroatoms. The van der Waals surface area contributed by atoms with E-state index in [1.807, 2.05) is 0 Å². The second kappa shape index (κ2) is 2.73. The minimum Gasteiger partial charge on any atom is -0.786 e. The molecule has 6 heavy (non-hydrogen) atoms. The van der Waals surface area contributed by atoms with Gasteiger partial charge in [0.25, 0.3) is 0 Å². The van der Waals surface area contributed by atoms with Crippen molar-refractivity contribution < 1.29 is 18.5 Å². The summed E-state index contributed by atoms with van der Waals surface area (Å²) in [5, 5.41) is 0. The van der Waals surface area contributed by atoms with Crippen LogP contribution >= 0.6 is 7.91 Å². The zero-order valence-corrected chi connectivity index (χ0v) is 4.68. The molecule has 0 aliphatic rings. The second-order valence-corrected chi connectivity index (χ2v) is 1.29. The van der Waals surface area contributed by atoms with E-state index in [0.717, 1.165) is 0 Å². The summed E-state index contributed by atoms with van der Waals surface area (Å²) in [4.78, 5) is 16.9. The summed E-state index contributed by atoms with van der Waals surface area (Å²) < 4.78 is 18.6. The SMILES string of the molecule is O=P([O-])([O-])F.[Al+3]. The van der Waals surface area contributed by atoms with Crippen molar-refractivity contribution in [3.63, 3.8) is 0 Å². The Bertz CT molecular complexity index is 56.9. The maximum Gasteiger partial charge on any atom is 3.00 e. The summed E-state index contributed by atoms with van der Waals surface area (Å²) in [6.45, 7) is 0. The topological polar surface area (TPSA) is 63.2 Å². The molecule has 0 amide bonds. The van der Waals surface area contributed by atoms with E-state index in [1.165, 1.54) is 0 Å². The van der Waals surface area contributed by atoms with Crippen molar-refractivity contribution in [2.24, 2.45) is 0 Å². The molecule has 0 rings (SSSR count). The van der Waals surface area contributed by atoms with Crippen LogP contribution in [0.2, 0.25) is 0 Å². The first kappa shape index (κ1) is 9.79. The monoisotopic (exact) mass is 125 g/mol. The van der Waals surface area contributed by atoms with Crippen molar-refractivity contribution in [3.8, 4) is 0 Å². The average Bonchev–Trinajstić information content (AvgIpc) is 0.722. The van der Waals surface area contributed by atoms with Gasteiger partial charge in [0.1, 0.15) is 7.91 Å².